The van der Waals surface area contributed by atoms with Crippen LogP contribution >= 0.6 is 0 Å². The molecule has 0 saturated carbocycles. The molecule has 0 spiro atoms. The third-order valence-electron chi connectivity index (χ3n) is 3.82. The standard InChI is InChI=1S/C14H24BNO2/c1-14(2,3)18-13(17)16-10-5-4-8-12(16)11-7-6-9-15-11/h4-5,11-12,15H,6-10H2,1-3H3. The van der Waals surface area contributed by atoms with Gasteiger partial charge in [-0.05, 0) is 33.0 Å². The molecule has 2 unspecified atom stereocenters. The summed E-state index contributed by atoms with van der Waals surface area (Å²) in [7, 11) is 1.26. The Hall–Kier alpha value is -0.925. The van der Waals surface area contributed by atoms with Gasteiger partial charge in [0, 0.05) is 12.6 Å². The molecule has 0 radical (unpaired) electrons. The lowest BCUT2D eigenvalue weighted by Gasteiger charge is -2.37. The number of carbonyl (C=O) groups is 1. The normalized spacial score (nSPS) is 28.1. The Kier molecular flexibility index (Phi) is 4.03. The lowest BCUT2D eigenvalue weighted by Crippen LogP contribution is -2.47. The van der Waals surface area contributed by atoms with Gasteiger partial charge in [0.25, 0.3) is 0 Å². The molecule has 2 aliphatic rings. The van der Waals surface area contributed by atoms with Gasteiger partial charge >= 0.3 is 6.09 Å². The van der Waals surface area contributed by atoms with E-state index in [0.717, 1.165) is 6.42 Å². The molecular weight excluding hydrogens is 225 g/mol. The Balaban J connectivity index is 2.03. The maximum Gasteiger partial charge on any atom is 0.410 e. The minimum absolute atomic E-state index is 0.149. The molecule has 0 aromatic carbocycles. The number of rotatable bonds is 1. The fraction of sp³-hybridized carbons (Fsp3) is 0.786. The lowest BCUT2D eigenvalue weighted by molar-refractivity contribution is 0.0171. The summed E-state index contributed by atoms with van der Waals surface area (Å²) in [6, 6.07) is 0.354. The van der Waals surface area contributed by atoms with Crippen LogP contribution in [0.2, 0.25) is 12.1 Å². The van der Waals surface area contributed by atoms with Crippen molar-refractivity contribution in [3.05, 3.63) is 12.2 Å². The summed E-state index contributed by atoms with van der Waals surface area (Å²) in [4.78, 5) is 14.2. The summed E-state index contributed by atoms with van der Waals surface area (Å²) in [6.45, 7) is 6.48. The van der Waals surface area contributed by atoms with Crippen molar-refractivity contribution >= 4 is 13.4 Å². The molecular formula is C14H24BNO2. The summed E-state index contributed by atoms with van der Waals surface area (Å²) in [6.07, 6.45) is 9.02. The van der Waals surface area contributed by atoms with E-state index in [1.54, 1.807) is 0 Å². The van der Waals surface area contributed by atoms with E-state index in [1.807, 2.05) is 25.7 Å². The minimum Gasteiger partial charge on any atom is -0.444 e. The van der Waals surface area contributed by atoms with Gasteiger partial charge in [-0.15, -0.1) is 0 Å². The topological polar surface area (TPSA) is 29.5 Å². The second-order valence-electron chi connectivity index (χ2n) is 6.45. The third kappa shape index (κ3) is 3.30. The van der Waals surface area contributed by atoms with Crippen LogP contribution in [0.15, 0.2) is 12.2 Å². The number of hydrogen-bond donors (Lipinski definition) is 0. The van der Waals surface area contributed by atoms with Gasteiger partial charge in [0.2, 0.25) is 0 Å². The van der Waals surface area contributed by atoms with Crippen molar-refractivity contribution in [3.63, 3.8) is 0 Å². The maximum atomic E-state index is 12.3. The molecule has 1 amide bonds. The van der Waals surface area contributed by atoms with Gasteiger partial charge in [0.1, 0.15) is 12.9 Å². The first kappa shape index (κ1) is 13.5. The highest BCUT2D eigenvalue weighted by molar-refractivity contribution is 6.39. The van der Waals surface area contributed by atoms with E-state index in [4.69, 9.17) is 4.74 Å². The van der Waals surface area contributed by atoms with Crippen molar-refractivity contribution in [2.45, 2.75) is 63.8 Å². The van der Waals surface area contributed by atoms with Crippen molar-refractivity contribution in [2.24, 2.45) is 0 Å². The maximum absolute atomic E-state index is 12.3. The molecule has 3 nitrogen and oxygen atoms in total. The highest BCUT2D eigenvalue weighted by Crippen LogP contribution is 2.34. The van der Waals surface area contributed by atoms with E-state index >= 15 is 0 Å². The van der Waals surface area contributed by atoms with E-state index in [1.165, 1.54) is 26.4 Å². The van der Waals surface area contributed by atoms with Crippen LogP contribution in [0, 0.1) is 0 Å². The summed E-state index contributed by atoms with van der Waals surface area (Å²) in [5.74, 6) is 0.669. The highest BCUT2D eigenvalue weighted by Gasteiger charge is 2.35. The highest BCUT2D eigenvalue weighted by atomic mass is 16.6. The zero-order valence-corrected chi connectivity index (χ0v) is 11.8. The molecule has 1 fully saturated rings. The molecule has 2 atom stereocenters. The van der Waals surface area contributed by atoms with Crippen LogP contribution in [0.25, 0.3) is 0 Å². The molecule has 100 valence electrons. The molecule has 0 aromatic heterocycles. The van der Waals surface area contributed by atoms with Crippen molar-refractivity contribution in [2.75, 3.05) is 6.54 Å². The average Bonchev–Trinajstić information content (AvgIpc) is 2.80. The van der Waals surface area contributed by atoms with E-state index in [9.17, 15) is 4.79 Å². The monoisotopic (exact) mass is 249 g/mol. The molecule has 0 aliphatic carbocycles. The Morgan fingerprint density at radius 1 is 1.39 bits per heavy atom. The zero-order valence-electron chi connectivity index (χ0n) is 11.8. The fourth-order valence-electron chi connectivity index (χ4n) is 3.01. The van der Waals surface area contributed by atoms with Crippen LogP contribution in [0.5, 0.6) is 0 Å². The van der Waals surface area contributed by atoms with E-state index in [2.05, 4.69) is 12.2 Å². The second-order valence-corrected chi connectivity index (χ2v) is 6.45. The molecule has 1 saturated heterocycles. The molecule has 0 aromatic rings. The van der Waals surface area contributed by atoms with Gasteiger partial charge in [-0.1, -0.05) is 31.3 Å². The SMILES string of the molecule is CC(C)(C)OC(=O)N1CC=CCC1C1BCCC1. The molecule has 2 aliphatic heterocycles. The van der Waals surface area contributed by atoms with Crippen molar-refractivity contribution < 1.29 is 9.53 Å². The van der Waals surface area contributed by atoms with Crippen molar-refractivity contribution in [1.29, 1.82) is 0 Å². The molecule has 0 N–H and O–H groups in total. The number of amides is 1. The Bertz CT molecular complexity index is 329. The van der Waals surface area contributed by atoms with Crippen LogP contribution in [0.4, 0.5) is 4.79 Å². The lowest BCUT2D eigenvalue weighted by atomic mass is 9.63. The number of hydrogen-bond acceptors (Lipinski definition) is 2. The largest absolute Gasteiger partial charge is 0.444 e. The van der Waals surface area contributed by atoms with E-state index in [0.29, 0.717) is 18.4 Å². The molecule has 2 heterocycles. The van der Waals surface area contributed by atoms with Gasteiger partial charge in [-0.2, -0.15) is 0 Å². The van der Waals surface area contributed by atoms with Gasteiger partial charge in [0.05, 0.1) is 0 Å². The predicted molar refractivity (Wildman–Crippen MR) is 75.4 cm³/mol. The van der Waals surface area contributed by atoms with Crippen LogP contribution in [0.3, 0.4) is 0 Å². The zero-order chi connectivity index (χ0) is 13.2. The smallest absolute Gasteiger partial charge is 0.410 e. The van der Waals surface area contributed by atoms with E-state index in [-0.39, 0.29) is 6.09 Å². The first-order chi connectivity index (χ1) is 8.47. The summed E-state index contributed by atoms with van der Waals surface area (Å²) < 4.78 is 5.52. The molecule has 18 heavy (non-hydrogen) atoms. The Morgan fingerprint density at radius 2 is 2.17 bits per heavy atom. The fourth-order valence-corrected chi connectivity index (χ4v) is 3.01. The quantitative estimate of drug-likeness (QED) is 0.528. The van der Waals surface area contributed by atoms with Crippen LogP contribution in [-0.4, -0.2) is 36.5 Å². The number of ether oxygens (including phenoxy) is 1. The van der Waals surface area contributed by atoms with Crippen molar-refractivity contribution in [3.8, 4) is 0 Å². The first-order valence-electron chi connectivity index (χ1n) is 7.12. The molecule has 0 bridgehead atoms. The predicted octanol–water partition coefficient (Wildman–Crippen LogP) is 2.99. The molecule has 4 heteroatoms. The van der Waals surface area contributed by atoms with E-state index < -0.39 is 5.60 Å². The van der Waals surface area contributed by atoms with Crippen molar-refractivity contribution in [1.82, 2.24) is 4.90 Å². The summed E-state index contributed by atoms with van der Waals surface area (Å²) in [5.41, 5.74) is -0.404. The summed E-state index contributed by atoms with van der Waals surface area (Å²) >= 11 is 0. The van der Waals surface area contributed by atoms with Gasteiger partial charge in [-0.3, -0.25) is 0 Å². The molecule has 2 rings (SSSR count). The number of nitrogens with zero attached hydrogens (tertiary/aromatic N) is 1. The van der Waals surface area contributed by atoms with Gasteiger partial charge in [-0.25, -0.2) is 4.79 Å². The van der Waals surface area contributed by atoms with Crippen LogP contribution in [-0.2, 0) is 4.74 Å². The minimum atomic E-state index is -0.404. The second kappa shape index (κ2) is 5.37. The first-order valence-corrected chi connectivity index (χ1v) is 7.12. The van der Waals surface area contributed by atoms with Gasteiger partial charge < -0.3 is 9.64 Å². The Morgan fingerprint density at radius 3 is 2.78 bits per heavy atom. The summed E-state index contributed by atoms with van der Waals surface area (Å²) in [5, 5.41) is 0. The van der Waals surface area contributed by atoms with Crippen LogP contribution < -0.4 is 0 Å². The van der Waals surface area contributed by atoms with Gasteiger partial charge in [0.15, 0.2) is 0 Å². The number of carbonyl (C=O) groups excluding carboxylic acids is 1. The average molecular weight is 249 g/mol. The van der Waals surface area contributed by atoms with Crippen LogP contribution in [0.1, 0.15) is 40.0 Å². The third-order valence-corrected chi connectivity index (χ3v) is 3.82. The Labute approximate surface area is 111 Å².